The van der Waals surface area contributed by atoms with Crippen LogP contribution in [0, 0.1) is 0 Å². The van der Waals surface area contributed by atoms with Crippen LogP contribution in [0.2, 0.25) is 0 Å². The molecule has 0 radical (unpaired) electrons. The summed E-state index contributed by atoms with van der Waals surface area (Å²) in [5, 5.41) is -0.352. The zero-order valence-electron chi connectivity index (χ0n) is 9.87. The van der Waals surface area contributed by atoms with E-state index in [0.29, 0.717) is 12.5 Å². The van der Waals surface area contributed by atoms with Crippen LogP contribution in [0.15, 0.2) is 0 Å². The fourth-order valence-corrected chi connectivity index (χ4v) is 2.11. The summed E-state index contributed by atoms with van der Waals surface area (Å²) in [6.45, 7) is 4.08. The summed E-state index contributed by atoms with van der Waals surface area (Å²) in [5.74, 6) is 0.0775. The van der Waals surface area contributed by atoms with Crippen LogP contribution in [0.25, 0.3) is 0 Å². The first kappa shape index (κ1) is 12.8. The van der Waals surface area contributed by atoms with Crippen LogP contribution in [-0.2, 0) is 4.79 Å². The molecule has 1 atom stereocenters. The van der Waals surface area contributed by atoms with E-state index in [4.69, 9.17) is 11.6 Å². The summed E-state index contributed by atoms with van der Waals surface area (Å²) in [6, 6.07) is 0.376. The Bertz CT molecular complexity index is 215. The van der Waals surface area contributed by atoms with Crippen molar-refractivity contribution in [3.8, 4) is 0 Å². The molecule has 0 aromatic heterocycles. The van der Waals surface area contributed by atoms with Gasteiger partial charge in [0, 0.05) is 13.1 Å². The number of carbonyl (C=O) groups excluding carboxylic acids is 1. The summed E-state index contributed by atoms with van der Waals surface area (Å²) in [7, 11) is 4.00. The predicted octanol–water partition coefficient (Wildman–Crippen LogP) is 1.56. The van der Waals surface area contributed by atoms with E-state index in [1.54, 1.807) is 0 Å². The summed E-state index contributed by atoms with van der Waals surface area (Å²) in [4.78, 5) is 16.0. The molecule has 1 aliphatic rings. The van der Waals surface area contributed by atoms with Crippen molar-refractivity contribution in [1.82, 2.24) is 9.80 Å². The van der Waals surface area contributed by atoms with Crippen molar-refractivity contribution in [2.45, 2.75) is 37.6 Å². The molecule has 15 heavy (non-hydrogen) atoms. The second-order valence-corrected chi connectivity index (χ2v) is 4.89. The van der Waals surface area contributed by atoms with Crippen molar-refractivity contribution in [2.24, 2.45) is 0 Å². The van der Waals surface area contributed by atoms with E-state index in [1.807, 2.05) is 18.9 Å². The Labute approximate surface area is 97.4 Å². The molecule has 0 spiro atoms. The van der Waals surface area contributed by atoms with Gasteiger partial charge in [-0.3, -0.25) is 4.79 Å². The first-order valence-corrected chi connectivity index (χ1v) is 6.09. The molecule has 1 saturated heterocycles. The Morgan fingerprint density at radius 1 is 1.53 bits per heavy atom. The largest absolute Gasteiger partial charge is 0.341 e. The van der Waals surface area contributed by atoms with Crippen molar-refractivity contribution >= 4 is 17.5 Å². The van der Waals surface area contributed by atoms with Gasteiger partial charge in [0.1, 0.15) is 5.38 Å². The number of carbonyl (C=O) groups is 1. The molecule has 1 amide bonds. The fourth-order valence-electron chi connectivity index (χ4n) is 1.96. The van der Waals surface area contributed by atoms with Crippen LogP contribution in [-0.4, -0.2) is 54.3 Å². The van der Waals surface area contributed by atoms with Gasteiger partial charge < -0.3 is 9.80 Å². The first-order valence-electron chi connectivity index (χ1n) is 5.65. The van der Waals surface area contributed by atoms with Gasteiger partial charge in [-0.15, -0.1) is 11.6 Å². The van der Waals surface area contributed by atoms with Crippen LogP contribution in [0.1, 0.15) is 26.2 Å². The molecule has 3 nitrogen and oxygen atoms in total. The van der Waals surface area contributed by atoms with E-state index in [0.717, 1.165) is 25.9 Å². The molecule has 0 aliphatic carbocycles. The fraction of sp³-hybridized carbons (Fsp3) is 0.909. The average molecular weight is 233 g/mol. The van der Waals surface area contributed by atoms with Crippen LogP contribution in [0.5, 0.6) is 0 Å². The molecule has 1 fully saturated rings. The van der Waals surface area contributed by atoms with E-state index in [9.17, 15) is 4.79 Å². The Morgan fingerprint density at radius 2 is 2.07 bits per heavy atom. The number of piperidine rings is 1. The van der Waals surface area contributed by atoms with E-state index >= 15 is 0 Å². The molecule has 1 heterocycles. The molecule has 88 valence electrons. The van der Waals surface area contributed by atoms with Gasteiger partial charge in [0.05, 0.1) is 0 Å². The maximum absolute atomic E-state index is 11.8. The van der Waals surface area contributed by atoms with E-state index in [-0.39, 0.29) is 11.3 Å². The molecule has 0 N–H and O–H groups in total. The highest BCUT2D eigenvalue weighted by molar-refractivity contribution is 6.30. The number of nitrogens with zero attached hydrogens (tertiary/aromatic N) is 2. The van der Waals surface area contributed by atoms with Gasteiger partial charge >= 0.3 is 0 Å². The molecule has 0 saturated carbocycles. The molecule has 1 aliphatic heterocycles. The Kier molecular flexibility index (Phi) is 4.87. The SMILES string of the molecule is CC[C@@H](Cl)C(=O)N(C)C1CCN(C)CC1. The molecule has 0 bridgehead atoms. The number of likely N-dealkylation sites (tertiary alicyclic amines) is 1. The van der Waals surface area contributed by atoms with E-state index < -0.39 is 0 Å². The smallest absolute Gasteiger partial charge is 0.240 e. The normalized spacial score (nSPS) is 21.3. The van der Waals surface area contributed by atoms with Crippen LogP contribution < -0.4 is 0 Å². The summed E-state index contributed by atoms with van der Waals surface area (Å²) in [6.07, 6.45) is 2.83. The Hall–Kier alpha value is -0.280. The Morgan fingerprint density at radius 3 is 2.53 bits per heavy atom. The number of alkyl halides is 1. The number of hydrogen-bond donors (Lipinski definition) is 0. The van der Waals surface area contributed by atoms with Crippen LogP contribution in [0.3, 0.4) is 0 Å². The van der Waals surface area contributed by atoms with Gasteiger partial charge in [-0.25, -0.2) is 0 Å². The Balaban J connectivity index is 2.46. The minimum absolute atomic E-state index is 0.0775. The second-order valence-electron chi connectivity index (χ2n) is 4.36. The molecule has 0 unspecified atom stereocenters. The molecule has 1 rings (SSSR count). The minimum Gasteiger partial charge on any atom is -0.341 e. The maximum atomic E-state index is 11.8. The monoisotopic (exact) mass is 232 g/mol. The highest BCUT2D eigenvalue weighted by atomic mass is 35.5. The molecule has 0 aromatic rings. The van der Waals surface area contributed by atoms with E-state index in [2.05, 4.69) is 11.9 Å². The van der Waals surface area contributed by atoms with Gasteiger partial charge in [0.15, 0.2) is 0 Å². The van der Waals surface area contributed by atoms with Gasteiger partial charge in [-0.2, -0.15) is 0 Å². The first-order chi connectivity index (χ1) is 7.06. The van der Waals surface area contributed by atoms with Crippen molar-refractivity contribution in [3.63, 3.8) is 0 Å². The third-order valence-electron chi connectivity index (χ3n) is 3.21. The number of amides is 1. The minimum atomic E-state index is -0.352. The van der Waals surface area contributed by atoms with Crippen LogP contribution >= 0.6 is 11.6 Å². The van der Waals surface area contributed by atoms with Gasteiger partial charge in [0.25, 0.3) is 0 Å². The lowest BCUT2D eigenvalue weighted by molar-refractivity contribution is -0.132. The predicted molar refractivity (Wildman–Crippen MR) is 63.2 cm³/mol. The standard InChI is InChI=1S/C11H21ClN2O/c1-4-10(12)11(15)14(3)9-5-7-13(2)8-6-9/h9-10H,4-8H2,1-3H3/t10-/m1/s1. The summed E-state index contributed by atoms with van der Waals surface area (Å²) < 4.78 is 0. The van der Waals surface area contributed by atoms with Gasteiger partial charge in [-0.05, 0) is 39.4 Å². The molecule has 4 heteroatoms. The summed E-state index contributed by atoms with van der Waals surface area (Å²) >= 11 is 5.96. The lowest BCUT2D eigenvalue weighted by Crippen LogP contribution is -2.46. The van der Waals surface area contributed by atoms with Gasteiger partial charge in [0.2, 0.25) is 5.91 Å². The van der Waals surface area contributed by atoms with E-state index in [1.165, 1.54) is 0 Å². The number of hydrogen-bond acceptors (Lipinski definition) is 2. The average Bonchev–Trinajstić information content (AvgIpc) is 2.27. The molecular formula is C11H21ClN2O. The third-order valence-corrected chi connectivity index (χ3v) is 3.71. The topological polar surface area (TPSA) is 23.6 Å². The van der Waals surface area contributed by atoms with Crippen molar-refractivity contribution in [1.29, 1.82) is 0 Å². The highest BCUT2D eigenvalue weighted by Gasteiger charge is 2.26. The number of rotatable bonds is 3. The van der Waals surface area contributed by atoms with Crippen molar-refractivity contribution < 1.29 is 4.79 Å². The van der Waals surface area contributed by atoms with Crippen molar-refractivity contribution in [2.75, 3.05) is 27.2 Å². The zero-order chi connectivity index (χ0) is 11.4. The zero-order valence-corrected chi connectivity index (χ0v) is 10.6. The number of halogens is 1. The summed E-state index contributed by atoms with van der Waals surface area (Å²) in [5.41, 5.74) is 0. The lowest BCUT2D eigenvalue weighted by atomic mass is 10.0. The molecule has 0 aromatic carbocycles. The second kappa shape index (κ2) is 5.71. The quantitative estimate of drug-likeness (QED) is 0.690. The van der Waals surface area contributed by atoms with Gasteiger partial charge in [-0.1, -0.05) is 6.92 Å². The van der Waals surface area contributed by atoms with Crippen molar-refractivity contribution in [3.05, 3.63) is 0 Å². The van der Waals surface area contributed by atoms with Crippen LogP contribution in [0.4, 0.5) is 0 Å². The third kappa shape index (κ3) is 3.35. The highest BCUT2D eigenvalue weighted by Crippen LogP contribution is 2.16. The lowest BCUT2D eigenvalue weighted by Gasteiger charge is -2.35. The molecular weight excluding hydrogens is 212 g/mol. The maximum Gasteiger partial charge on any atom is 0.240 e.